The van der Waals surface area contributed by atoms with Gasteiger partial charge in [0.25, 0.3) is 0 Å². The molecular weight excluding hydrogens is 256 g/mol. The van der Waals surface area contributed by atoms with Crippen LogP contribution < -0.4 is 10.6 Å². The SMILES string of the molecule is CC(NC(=O)NC1Cc2ccccc2C1)C(C)C(=O)O. The number of carboxylic acids is 1. The van der Waals surface area contributed by atoms with Crippen LogP contribution in [-0.4, -0.2) is 29.2 Å². The first-order chi connectivity index (χ1) is 9.47. The fraction of sp³-hybridized carbons (Fsp3) is 0.467. The molecule has 0 aliphatic heterocycles. The largest absolute Gasteiger partial charge is 0.481 e. The normalized spacial score (nSPS) is 17.1. The van der Waals surface area contributed by atoms with Crippen molar-refractivity contribution in [3.63, 3.8) is 0 Å². The predicted octanol–water partition coefficient (Wildman–Crippen LogP) is 1.56. The Morgan fingerprint density at radius 2 is 1.75 bits per heavy atom. The molecule has 0 spiro atoms. The highest BCUT2D eigenvalue weighted by Crippen LogP contribution is 2.21. The van der Waals surface area contributed by atoms with Gasteiger partial charge in [-0.2, -0.15) is 0 Å². The van der Waals surface area contributed by atoms with Crippen molar-refractivity contribution in [2.24, 2.45) is 5.92 Å². The first-order valence-electron chi connectivity index (χ1n) is 6.84. The van der Waals surface area contributed by atoms with E-state index in [0.29, 0.717) is 0 Å². The maximum atomic E-state index is 11.9. The van der Waals surface area contributed by atoms with Crippen molar-refractivity contribution < 1.29 is 14.7 Å². The van der Waals surface area contributed by atoms with Gasteiger partial charge in [-0.1, -0.05) is 24.3 Å². The van der Waals surface area contributed by atoms with E-state index in [0.717, 1.165) is 12.8 Å². The Balaban J connectivity index is 1.84. The van der Waals surface area contributed by atoms with Crippen molar-refractivity contribution in [2.45, 2.75) is 38.8 Å². The van der Waals surface area contributed by atoms with Gasteiger partial charge in [0.05, 0.1) is 5.92 Å². The quantitative estimate of drug-likeness (QED) is 0.781. The zero-order valence-electron chi connectivity index (χ0n) is 11.7. The number of hydrogen-bond acceptors (Lipinski definition) is 2. The molecule has 1 aromatic rings. The molecule has 1 aromatic carbocycles. The van der Waals surface area contributed by atoms with E-state index in [1.165, 1.54) is 11.1 Å². The molecule has 5 heteroatoms. The van der Waals surface area contributed by atoms with Gasteiger partial charge in [-0.25, -0.2) is 4.79 Å². The molecule has 0 heterocycles. The van der Waals surface area contributed by atoms with Gasteiger partial charge in [-0.05, 0) is 37.8 Å². The van der Waals surface area contributed by atoms with Crippen LogP contribution in [0.3, 0.4) is 0 Å². The summed E-state index contributed by atoms with van der Waals surface area (Å²) >= 11 is 0. The lowest BCUT2D eigenvalue weighted by Crippen LogP contribution is -2.48. The van der Waals surface area contributed by atoms with Crippen LogP contribution in [0.25, 0.3) is 0 Å². The van der Waals surface area contributed by atoms with Gasteiger partial charge in [0.2, 0.25) is 0 Å². The number of carbonyl (C=O) groups excluding carboxylic acids is 1. The maximum Gasteiger partial charge on any atom is 0.315 e. The fourth-order valence-electron chi connectivity index (χ4n) is 2.43. The maximum absolute atomic E-state index is 11.9. The zero-order chi connectivity index (χ0) is 14.7. The van der Waals surface area contributed by atoms with E-state index in [2.05, 4.69) is 22.8 Å². The first-order valence-corrected chi connectivity index (χ1v) is 6.84. The molecule has 2 atom stereocenters. The standard InChI is InChI=1S/C15H20N2O3/c1-9(14(18)19)10(2)16-15(20)17-13-7-11-5-3-4-6-12(11)8-13/h3-6,9-10,13H,7-8H2,1-2H3,(H,18,19)(H2,16,17,20). The average molecular weight is 276 g/mol. The van der Waals surface area contributed by atoms with Crippen molar-refractivity contribution >= 4 is 12.0 Å². The second-order valence-electron chi connectivity index (χ2n) is 5.41. The van der Waals surface area contributed by atoms with E-state index in [1.807, 2.05) is 12.1 Å². The molecule has 0 bridgehead atoms. The molecule has 0 radical (unpaired) electrons. The van der Waals surface area contributed by atoms with Gasteiger partial charge in [0.15, 0.2) is 0 Å². The number of amides is 2. The number of carbonyl (C=O) groups is 2. The molecule has 0 saturated carbocycles. The Hall–Kier alpha value is -2.04. The third kappa shape index (κ3) is 3.29. The summed E-state index contributed by atoms with van der Waals surface area (Å²) in [7, 11) is 0. The fourth-order valence-corrected chi connectivity index (χ4v) is 2.43. The minimum atomic E-state index is -0.911. The highest BCUT2D eigenvalue weighted by Gasteiger charge is 2.25. The Morgan fingerprint density at radius 3 is 2.25 bits per heavy atom. The average Bonchev–Trinajstić information content (AvgIpc) is 2.79. The number of benzene rings is 1. The van der Waals surface area contributed by atoms with E-state index >= 15 is 0 Å². The van der Waals surface area contributed by atoms with Crippen molar-refractivity contribution in [1.29, 1.82) is 0 Å². The molecule has 5 nitrogen and oxygen atoms in total. The number of urea groups is 1. The van der Waals surface area contributed by atoms with Gasteiger partial charge in [0, 0.05) is 12.1 Å². The summed E-state index contributed by atoms with van der Waals surface area (Å²) in [6.45, 7) is 3.28. The lowest BCUT2D eigenvalue weighted by molar-refractivity contribution is -0.141. The number of rotatable bonds is 4. The molecule has 20 heavy (non-hydrogen) atoms. The van der Waals surface area contributed by atoms with E-state index in [-0.39, 0.29) is 12.1 Å². The van der Waals surface area contributed by atoms with E-state index < -0.39 is 17.9 Å². The van der Waals surface area contributed by atoms with Crippen LogP contribution >= 0.6 is 0 Å². The second-order valence-corrected chi connectivity index (χ2v) is 5.41. The third-order valence-electron chi connectivity index (χ3n) is 3.88. The van der Waals surface area contributed by atoms with Gasteiger partial charge in [-0.15, -0.1) is 0 Å². The van der Waals surface area contributed by atoms with Gasteiger partial charge in [0.1, 0.15) is 0 Å². The Morgan fingerprint density at radius 1 is 1.20 bits per heavy atom. The van der Waals surface area contributed by atoms with Crippen molar-refractivity contribution in [2.75, 3.05) is 0 Å². The molecule has 2 rings (SSSR count). The molecule has 1 aliphatic rings. The molecule has 0 fully saturated rings. The van der Waals surface area contributed by atoms with Crippen molar-refractivity contribution in [1.82, 2.24) is 10.6 Å². The molecule has 0 aromatic heterocycles. The lowest BCUT2D eigenvalue weighted by Gasteiger charge is -2.20. The molecule has 108 valence electrons. The number of carboxylic acid groups (broad SMARTS) is 1. The monoisotopic (exact) mass is 276 g/mol. The van der Waals surface area contributed by atoms with Crippen LogP contribution in [-0.2, 0) is 17.6 Å². The van der Waals surface area contributed by atoms with Crippen LogP contribution in [0.2, 0.25) is 0 Å². The van der Waals surface area contributed by atoms with Crippen LogP contribution in [0.15, 0.2) is 24.3 Å². The van der Waals surface area contributed by atoms with E-state index in [9.17, 15) is 9.59 Å². The highest BCUT2D eigenvalue weighted by atomic mass is 16.4. The Labute approximate surface area is 118 Å². The van der Waals surface area contributed by atoms with E-state index in [1.54, 1.807) is 13.8 Å². The summed E-state index contributed by atoms with van der Waals surface area (Å²) in [6, 6.07) is 7.52. The van der Waals surface area contributed by atoms with E-state index in [4.69, 9.17) is 5.11 Å². The summed E-state index contributed by atoms with van der Waals surface area (Å²) in [5.41, 5.74) is 2.54. The summed E-state index contributed by atoms with van der Waals surface area (Å²) in [6.07, 6.45) is 1.65. The zero-order valence-corrected chi connectivity index (χ0v) is 11.7. The van der Waals surface area contributed by atoms with Gasteiger partial charge >= 0.3 is 12.0 Å². The summed E-state index contributed by atoms with van der Waals surface area (Å²) < 4.78 is 0. The molecule has 2 amide bonds. The smallest absolute Gasteiger partial charge is 0.315 e. The van der Waals surface area contributed by atoms with Crippen molar-refractivity contribution in [3.8, 4) is 0 Å². The number of aliphatic carboxylic acids is 1. The molecule has 0 saturated heterocycles. The lowest BCUT2D eigenvalue weighted by atomic mass is 10.0. The summed E-state index contributed by atoms with van der Waals surface area (Å²) in [5.74, 6) is -1.52. The number of nitrogens with one attached hydrogen (secondary N) is 2. The number of hydrogen-bond donors (Lipinski definition) is 3. The summed E-state index contributed by atoms with van der Waals surface area (Å²) in [5, 5.41) is 14.5. The first kappa shape index (κ1) is 14.4. The molecule has 1 aliphatic carbocycles. The van der Waals surface area contributed by atoms with Crippen LogP contribution in [0.5, 0.6) is 0 Å². The van der Waals surface area contributed by atoms with Crippen LogP contribution in [0.4, 0.5) is 4.79 Å². The number of fused-ring (bicyclic) bond motifs is 1. The minimum absolute atomic E-state index is 0.0831. The van der Waals surface area contributed by atoms with Gasteiger partial charge < -0.3 is 15.7 Å². The van der Waals surface area contributed by atoms with Gasteiger partial charge in [-0.3, -0.25) is 4.79 Å². The van der Waals surface area contributed by atoms with Crippen molar-refractivity contribution in [3.05, 3.63) is 35.4 Å². The van der Waals surface area contributed by atoms with Crippen LogP contribution in [0, 0.1) is 5.92 Å². The summed E-state index contributed by atoms with van der Waals surface area (Å²) in [4.78, 5) is 22.7. The third-order valence-corrected chi connectivity index (χ3v) is 3.88. The topological polar surface area (TPSA) is 78.4 Å². The second kappa shape index (κ2) is 5.94. The minimum Gasteiger partial charge on any atom is -0.481 e. The Kier molecular flexibility index (Phi) is 4.27. The molecule has 3 N–H and O–H groups in total. The predicted molar refractivity (Wildman–Crippen MR) is 75.6 cm³/mol. The Bertz CT molecular complexity index is 491. The molecular formula is C15H20N2O3. The molecule has 2 unspecified atom stereocenters. The van der Waals surface area contributed by atoms with Crippen LogP contribution in [0.1, 0.15) is 25.0 Å². The highest BCUT2D eigenvalue weighted by molar-refractivity contribution is 5.76.